The minimum atomic E-state index is -0.462. The van der Waals surface area contributed by atoms with Crippen molar-refractivity contribution in [3.8, 4) is 23.7 Å². The fourth-order valence-corrected chi connectivity index (χ4v) is 4.28. The minimum Gasteiger partial charge on any atom is -0.366 e. The lowest BCUT2D eigenvalue weighted by molar-refractivity contribution is 0.153. The highest BCUT2D eigenvalue weighted by Crippen LogP contribution is 2.28. The number of aromatic nitrogens is 4. The number of piperidine rings is 1. The Kier molecular flexibility index (Phi) is 7.00. The summed E-state index contributed by atoms with van der Waals surface area (Å²) in [6.45, 7) is 2.74. The summed E-state index contributed by atoms with van der Waals surface area (Å²) in [5.41, 5.74) is 1.42. The highest BCUT2D eigenvalue weighted by Gasteiger charge is 2.22. The van der Waals surface area contributed by atoms with E-state index in [4.69, 9.17) is 18.0 Å². The molecular formula is C23H26ClFN6. The van der Waals surface area contributed by atoms with Gasteiger partial charge >= 0.3 is 0 Å². The monoisotopic (exact) mass is 440 g/mol. The highest BCUT2D eigenvalue weighted by atomic mass is 35.5. The summed E-state index contributed by atoms with van der Waals surface area (Å²) in [7, 11) is 0. The van der Waals surface area contributed by atoms with Gasteiger partial charge in [-0.05, 0) is 44.8 Å². The summed E-state index contributed by atoms with van der Waals surface area (Å²) in [6.07, 6.45) is 16.3. The number of nitrogens with zero attached hydrogens (tertiary/aromatic N) is 4. The van der Waals surface area contributed by atoms with E-state index in [-0.39, 0.29) is 5.82 Å². The fourth-order valence-electron chi connectivity index (χ4n) is 4.13. The van der Waals surface area contributed by atoms with Crippen LogP contribution in [0, 0.1) is 18.2 Å². The number of hydrogen-bond acceptors (Lipinski definition) is 5. The van der Waals surface area contributed by atoms with E-state index in [2.05, 4.69) is 36.1 Å². The van der Waals surface area contributed by atoms with Crippen LogP contribution in [0.5, 0.6) is 0 Å². The van der Waals surface area contributed by atoms with E-state index in [0.717, 1.165) is 49.7 Å². The third-order valence-corrected chi connectivity index (χ3v) is 5.96. The molecule has 1 aliphatic rings. The van der Waals surface area contributed by atoms with Gasteiger partial charge in [0, 0.05) is 42.4 Å². The Morgan fingerprint density at radius 3 is 3.06 bits per heavy atom. The maximum atomic E-state index is 14.5. The van der Waals surface area contributed by atoms with E-state index in [1.54, 1.807) is 18.5 Å². The topological polar surface area (TPSA) is 69.7 Å². The van der Waals surface area contributed by atoms with Crippen LogP contribution >= 0.6 is 11.6 Å². The molecule has 1 fully saturated rings. The van der Waals surface area contributed by atoms with E-state index in [9.17, 15) is 4.39 Å². The zero-order valence-corrected chi connectivity index (χ0v) is 18.1. The zero-order valence-electron chi connectivity index (χ0n) is 17.4. The second-order valence-electron chi connectivity index (χ2n) is 7.87. The molecular weight excluding hydrogens is 415 g/mol. The molecule has 0 bridgehead atoms. The number of likely N-dealkylation sites (tertiary alicyclic amines) is 1. The van der Waals surface area contributed by atoms with Gasteiger partial charge in [-0.3, -0.25) is 4.90 Å². The van der Waals surface area contributed by atoms with Crippen LogP contribution in [0.15, 0.2) is 24.7 Å². The highest BCUT2D eigenvalue weighted by molar-refractivity contribution is 6.31. The lowest BCUT2D eigenvalue weighted by Gasteiger charge is -2.36. The van der Waals surface area contributed by atoms with E-state index < -0.39 is 5.82 Å². The van der Waals surface area contributed by atoms with Crippen LogP contribution in [-0.4, -0.2) is 50.5 Å². The number of hydrogen-bond donors (Lipinski definition) is 2. The van der Waals surface area contributed by atoms with Gasteiger partial charge < -0.3 is 10.3 Å². The SMILES string of the molecule is C#CCCCCN1CCCCC1CNc1nc(-c2c[nH]c3ncc(Cl)cc23)ncc1F. The minimum absolute atomic E-state index is 0.215. The number of fused-ring (bicyclic) bond motifs is 1. The van der Waals surface area contributed by atoms with Gasteiger partial charge in [-0.15, -0.1) is 12.3 Å². The van der Waals surface area contributed by atoms with Gasteiger partial charge in [0.2, 0.25) is 0 Å². The summed E-state index contributed by atoms with van der Waals surface area (Å²) >= 11 is 6.09. The molecule has 1 saturated heterocycles. The standard InChI is InChI=1S/C23H26ClFN6/c1-2-3-4-6-9-31-10-7-5-8-17(31)13-27-23-20(25)15-29-22(30-23)19-14-28-21-18(19)11-16(24)12-26-21/h1,11-12,14-15,17H,3-10,13H2,(H,26,28)(H,27,29,30). The normalized spacial score (nSPS) is 17.0. The first-order chi connectivity index (χ1) is 15.2. The molecule has 2 N–H and O–H groups in total. The molecule has 31 heavy (non-hydrogen) atoms. The summed E-state index contributed by atoms with van der Waals surface area (Å²) in [5, 5.41) is 4.55. The van der Waals surface area contributed by atoms with Gasteiger partial charge in [0.25, 0.3) is 0 Å². The Hall–Kier alpha value is -2.69. The molecule has 0 amide bonds. The number of H-pyrrole nitrogens is 1. The van der Waals surface area contributed by atoms with Gasteiger partial charge in [-0.1, -0.05) is 18.0 Å². The van der Waals surface area contributed by atoms with Crippen molar-refractivity contribution in [1.82, 2.24) is 24.8 Å². The van der Waals surface area contributed by atoms with Crippen molar-refractivity contribution in [3.63, 3.8) is 0 Å². The quantitative estimate of drug-likeness (QED) is 0.386. The van der Waals surface area contributed by atoms with Crippen molar-refractivity contribution in [2.24, 2.45) is 0 Å². The van der Waals surface area contributed by atoms with E-state index in [1.165, 1.54) is 19.0 Å². The number of terminal acetylenes is 1. The lowest BCUT2D eigenvalue weighted by atomic mass is 10.0. The van der Waals surface area contributed by atoms with Gasteiger partial charge in [0.15, 0.2) is 17.5 Å². The Morgan fingerprint density at radius 2 is 2.19 bits per heavy atom. The van der Waals surface area contributed by atoms with Gasteiger partial charge in [0.05, 0.1) is 11.2 Å². The summed E-state index contributed by atoms with van der Waals surface area (Å²) < 4.78 is 14.5. The molecule has 162 valence electrons. The lowest BCUT2D eigenvalue weighted by Crippen LogP contribution is -2.44. The maximum Gasteiger partial charge on any atom is 0.183 e. The largest absolute Gasteiger partial charge is 0.366 e. The second kappa shape index (κ2) is 10.1. The van der Waals surface area contributed by atoms with Crippen molar-refractivity contribution in [2.75, 3.05) is 25.0 Å². The molecule has 8 heteroatoms. The average molecular weight is 441 g/mol. The number of pyridine rings is 1. The summed E-state index contributed by atoms with van der Waals surface area (Å²) in [6, 6.07) is 2.16. The number of nitrogens with one attached hydrogen (secondary N) is 2. The molecule has 6 nitrogen and oxygen atoms in total. The molecule has 3 aromatic heterocycles. The van der Waals surface area contributed by atoms with E-state index >= 15 is 0 Å². The van der Waals surface area contributed by atoms with Crippen LogP contribution in [-0.2, 0) is 0 Å². The maximum absolute atomic E-state index is 14.5. The fraction of sp³-hybridized carbons (Fsp3) is 0.435. The molecule has 1 atom stereocenters. The zero-order chi connectivity index (χ0) is 21.6. The van der Waals surface area contributed by atoms with Gasteiger partial charge in [-0.2, -0.15) is 0 Å². The molecule has 0 aliphatic carbocycles. The van der Waals surface area contributed by atoms with Crippen LogP contribution in [0.1, 0.15) is 38.5 Å². The molecule has 0 saturated carbocycles. The molecule has 4 rings (SSSR count). The molecule has 0 radical (unpaired) electrons. The molecule has 0 spiro atoms. The Labute approximate surface area is 186 Å². The average Bonchev–Trinajstić information content (AvgIpc) is 3.20. The third-order valence-electron chi connectivity index (χ3n) is 5.75. The van der Waals surface area contributed by atoms with Gasteiger partial charge in [-0.25, -0.2) is 19.3 Å². The number of aromatic amines is 1. The van der Waals surface area contributed by atoms with Crippen LogP contribution in [0.25, 0.3) is 22.4 Å². The van der Waals surface area contributed by atoms with Crippen molar-refractivity contribution in [1.29, 1.82) is 0 Å². The van der Waals surface area contributed by atoms with Crippen LogP contribution < -0.4 is 5.32 Å². The first-order valence-electron chi connectivity index (χ1n) is 10.7. The molecule has 1 unspecified atom stereocenters. The van der Waals surface area contributed by atoms with Crippen molar-refractivity contribution in [2.45, 2.75) is 44.6 Å². The Balaban J connectivity index is 1.47. The van der Waals surface area contributed by atoms with Crippen LogP contribution in [0.3, 0.4) is 0 Å². The third kappa shape index (κ3) is 5.15. The predicted molar refractivity (Wildman–Crippen MR) is 122 cm³/mol. The summed E-state index contributed by atoms with van der Waals surface area (Å²) in [5.74, 6) is 2.88. The first-order valence-corrected chi connectivity index (χ1v) is 11.1. The van der Waals surface area contributed by atoms with Crippen LogP contribution in [0.4, 0.5) is 10.2 Å². The van der Waals surface area contributed by atoms with Crippen molar-refractivity contribution >= 4 is 28.5 Å². The van der Waals surface area contributed by atoms with E-state index in [0.29, 0.717) is 29.1 Å². The van der Waals surface area contributed by atoms with Crippen LogP contribution in [0.2, 0.25) is 5.02 Å². The number of anilines is 1. The number of rotatable bonds is 8. The van der Waals surface area contributed by atoms with Crippen molar-refractivity contribution in [3.05, 3.63) is 35.5 Å². The molecule has 0 aromatic carbocycles. The number of halogens is 2. The first kappa shape index (κ1) is 21.5. The van der Waals surface area contributed by atoms with Crippen molar-refractivity contribution < 1.29 is 4.39 Å². The molecule has 4 heterocycles. The Bertz CT molecular complexity index is 1080. The molecule has 1 aliphatic heterocycles. The van der Waals surface area contributed by atoms with Gasteiger partial charge in [0.1, 0.15) is 5.65 Å². The Morgan fingerprint density at radius 1 is 1.29 bits per heavy atom. The smallest absolute Gasteiger partial charge is 0.183 e. The second-order valence-corrected chi connectivity index (χ2v) is 8.31. The number of unbranched alkanes of at least 4 members (excludes halogenated alkanes) is 2. The van der Waals surface area contributed by atoms with E-state index in [1.807, 2.05) is 0 Å². The molecule has 3 aromatic rings. The predicted octanol–water partition coefficient (Wildman–Crippen LogP) is 4.88. The summed E-state index contributed by atoms with van der Waals surface area (Å²) in [4.78, 5) is 18.5.